The van der Waals surface area contributed by atoms with E-state index in [-0.39, 0.29) is 30.1 Å². The molecule has 5 heteroatoms. The summed E-state index contributed by atoms with van der Waals surface area (Å²) in [5.41, 5.74) is 2.25. The third-order valence-corrected chi connectivity index (χ3v) is 5.06. The Hall–Kier alpha value is -2.21. The summed E-state index contributed by atoms with van der Waals surface area (Å²) >= 11 is 0. The van der Waals surface area contributed by atoms with E-state index in [2.05, 4.69) is 12.2 Å². The number of rotatable bonds is 8. The minimum absolute atomic E-state index is 0.0745. The maximum absolute atomic E-state index is 11.6. The van der Waals surface area contributed by atoms with Crippen molar-refractivity contribution in [1.82, 2.24) is 5.32 Å². The summed E-state index contributed by atoms with van der Waals surface area (Å²) in [6.45, 7) is 5.59. The fourth-order valence-electron chi connectivity index (χ4n) is 3.54. The molecule has 150 valence electrons. The van der Waals surface area contributed by atoms with Gasteiger partial charge in [0.15, 0.2) is 0 Å². The summed E-state index contributed by atoms with van der Waals surface area (Å²) in [7, 11) is 0. The third kappa shape index (κ3) is 5.89. The molecule has 1 N–H and O–H groups in total. The van der Waals surface area contributed by atoms with Gasteiger partial charge in [-0.1, -0.05) is 67.6 Å². The van der Waals surface area contributed by atoms with Crippen molar-refractivity contribution in [1.29, 1.82) is 0 Å². The van der Waals surface area contributed by atoms with Crippen LogP contribution in [-0.2, 0) is 32.2 Å². The van der Waals surface area contributed by atoms with Crippen molar-refractivity contribution in [2.24, 2.45) is 5.92 Å². The highest BCUT2D eigenvalue weighted by atomic mass is 16.5. The van der Waals surface area contributed by atoms with E-state index in [0.29, 0.717) is 26.4 Å². The first-order chi connectivity index (χ1) is 13.6. The number of carbonyl (C=O) groups is 1. The molecule has 2 aromatic rings. The van der Waals surface area contributed by atoms with Crippen LogP contribution in [-0.4, -0.2) is 37.4 Å². The smallest absolute Gasteiger partial charge is 0.217 e. The van der Waals surface area contributed by atoms with Crippen molar-refractivity contribution in [3.05, 3.63) is 71.8 Å². The molecule has 0 aliphatic carbocycles. The molecule has 2 aromatic carbocycles. The Morgan fingerprint density at radius 2 is 1.64 bits per heavy atom. The fourth-order valence-corrected chi connectivity index (χ4v) is 3.54. The summed E-state index contributed by atoms with van der Waals surface area (Å²) in [4.78, 5) is 11.6. The minimum atomic E-state index is -0.165. The van der Waals surface area contributed by atoms with Crippen LogP contribution in [0.15, 0.2) is 60.7 Å². The molecule has 0 aromatic heterocycles. The number of hydrogen-bond donors (Lipinski definition) is 1. The van der Waals surface area contributed by atoms with Crippen LogP contribution in [0.3, 0.4) is 0 Å². The van der Waals surface area contributed by atoms with Gasteiger partial charge < -0.3 is 19.5 Å². The molecule has 0 saturated carbocycles. The van der Waals surface area contributed by atoms with Crippen LogP contribution < -0.4 is 5.32 Å². The zero-order valence-corrected chi connectivity index (χ0v) is 16.5. The number of nitrogens with one attached hydrogen (secondary N) is 1. The quantitative estimate of drug-likeness (QED) is 0.760. The molecule has 1 aliphatic heterocycles. The molecule has 1 heterocycles. The van der Waals surface area contributed by atoms with Crippen LogP contribution in [0.5, 0.6) is 0 Å². The molecule has 0 spiro atoms. The maximum Gasteiger partial charge on any atom is 0.217 e. The van der Waals surface area contributed by atoms with Gasteiger partial charge in [-0.3, -0.25) is 4.79 Å². The summed E-state index contributed by atoms with van der Waals surface area (Å²) in [6, 6.07) is 20.0. The maximum atomic E-state index is 11.6. The lowest BCUT2D eigenvalue weighted by Crippen LogP contribution is -2.57. The van der Waals surface area contributed by atoms with E-state index < -0.39 is 0 Å². The second-order valence-corrected chi connectivity index (χ2v) is 7.30. The molecule has 5 nitrogen and oxygen atoms in total. The van der Waals surface area contributed by atoms with Crippen LogP contribution in [0.4, 0.5) is 0 Å². The zero-order chi connectivity index (χ0) is 19.8. The number of ether oxygens (including phenoxy) is 3. The van der Waals surface area contributed by atoms with Crippen LogP contribution in [0.2, 0.25) is 0 Å². The molecule has 4 atom stereocenters. The summed E-state index contributed by atoms with van der Waals surface area (Å²) in [5, 5.41) is 2.97. The van der Waals surface area contributed by atoms with Crippen LogP contribution >= 0.6 is 0 Å². The number of benzene rings is 2. The van der Waals surface area contributed by atoms with Crippen molar-refractivity contribution in [3.8, 4) is 0 Å². The largest absolute Gasteiger partial charge is 0.374 e. The Balaban J connectivity index is 1.58. The van der Waals surface area contributed by atoms with Gasteiger partial charge in [-0.25, -0.2) is 0 Å². The highest BCUT2D eigenvalue weighted by molar-refractivity contribution is 5.73. The Morgan fingerprint density at radius 3 is 2.25 bits per heavy atom. The molecule has 1 saturated heterocycles. The molecule has 1 amide bonds. The van der Waals surface area contributed by atoms with Gasteiger partial charge >= 0.3 is 0 Å². The fraction of sp³-hybridized carbons (Fsp3) is 0.435. The molecule has 0 unspecified atom stereocenters. The minimum Gasteiger partial charge on any atom is -0.374 e. The van der Waals surface area contributed by atoms with Gasteiger partial charge in [0.2, 0.25) is 5.91 Å². The Bertz CT molecular complexity index is 722. The first-order valence-electron chi connectivity index (χ1n) is 9.79. The van der Waals surface area contributed by atoms with E-state index in [9.17, 15) is 4.79 Å². The highest BCUT2D eigenvalue weighted by Gasteiger charge is 2.39. The molecular weight excluding hydrogens is 354 g/mol. The Morgan fingerprint density at radius 1 is 1.04 bits per heavy atom. The van der Waals surface area contributed by atoms with E-state index in [0.717, 1.165) is 11.1 Å². The average molecular weight is 383 g/mol. The normalized spacial score (nSPS) is 24.6. The Kier molecular flexibility index (Phi) is 7.60. The number of amides is 1. The van der Waals surface area contributed by atoms with E-state index in [4.69, 9.17) is 14.2 Å². The van der Waals surface area contributed by atoms with Gasteiger partial charge in [0, 0.05) is 12.8 Å². The molecule has 0 radical (unpaired) electrons. The van der Waals surface area contributed by atoms with Crippen molar-refractivity contribution >= 4 is 5.91 Å². The van der Waals surface area contributed by atoms with E-state index >= 15 is 0 Å². The first kappa shape index (κ1) is 20.5. The molecule has 1 aliphatic rings. The second kappa shape index (κ2) is 10.4. The molecule has 1 fully saturated rings. The van der Waals surface area contributed by atoms with Gasteiger partial charge in [-0.15, -0.1) is 0 Å². The van der Waals surface area contributed by atoms with Crippen LogP contribution in [0.25, 0.3) is 0 Å². The average Bonchev–Trinajstić information content (AvgIpc) is 2.70. The van der Waals surface area contributed by atoms with Crippen molar-refractivity contribution in [2.75, 3.05) is 13.2 Å². The van der Waals surface area contributed by atoms with Crippen LogP contribution in [0, 0.1) is 5.92 Å². The van der Waals surface area contributed by atoms with Gasteiger partial charge in [0.1, 0.15) is 0 Å². The SMILES string of the molecule is CC(=O)N[C@H]1CO[C@H](COCc2ccccc2)[C@H](C)[C@@H]1OCc1ccccc1. The lowest BCUT2D eigenvalue weighted by molar-refractivity contribution is -0.157. The highest BCUT2D eigenvalue weighted by Crippen LogP contribution is 2.26. The predicted molar refractivity (Wildman–Crippen MR) is 108 cm³/mol. The first-order valence-corrected chi connectivity index (χ1v) is 9.79. The third-order valence-electron chi connectivity index (χ3n) is 5.06. The van der Waals surface area contributed by atoms with Crippen LogP contribution in [0.1, 0.15) is 25.0 Å². The van der Waals surface area contributed by atoms with Crippen molar-refractivity contribution in [2.45, 2.75) is 45.3 Å². The molecule has 28 heavy (non-hydrogen) atoms. The van der Waals surface area contributed by atoms with Gasteiger partial charge in [0.05, 0.1) is 44.7 Å². The van der Waals surface area contributed by atoms with Gasteiger partial charge in [-0.05, 0) is 11.1 Å². The monoisotopic (exact) mass is 383 g/mol. The zero-order valence-electron chi connectivity index (χ0n) is 16.5. The molecule has 3 rings (SSSR count). The van der Waals surface area contributed by atoms with Gasteiger partial charge in [0.25, 0.3) is 0 Å². The predicted octanol–water partition coefficient (Wildman–Crippen LogP) is 3.33. The summed E-state index contributed by atoms with van der Waals surface area (Å²) < 4.78 is 18.1. The number of hydrogen-bond acceptors (Lipinski definition) is 4. The second-order valence-electron chi connectivity index (χ2n) is 7.30. The summed E-state index contributed by atoms with van der Waals surface area (Å²) in [5.74, 6) is 0.0120. The standard InChI is InChI=1S/C23H29NO4/c1-17-22(16-26-13-19-9-5-3-6-10-19)27-15-21(24-18(2)25)23(17)28-14-20-11-7-4-8-12-20/h3-12,17,21-23H,13-16H2,1-2H3,(H,24,25)/t17-,21-,22+,23-/m0/s1. The molecular formula is C23H29NO4. The lowest BCUT2D eigenvalue weighted by Gasteiger charge is -2.41. The van der Waals surface area contributed by atoms with E-state index in [1.165, 1.54) is 6.92 Å². The number of carbonyl (C=O) groups excluding carboxylic acids is 1. The van der Waals surface area contributed by atoms with E-state index in [1.54, 1.807) is 0 Å². The molecule has 0 bridgehead atoms. The Labute approximate surface area is 167 Å². The summed E-state index contributed by atoms with van der Waals surface area (Å²) in [6.07, 6.45) is -0.210. The van der Waals surface area contributed by atoms with Crippen molar-refractivity contribution < 1.29 is 19.0 Å². The topological polar surface area (TPSA) is 56.8 Å². The van der Waals surface area contributed by atoms with Gasteiger partial charge in [-0.2, -0.15) is 0 Å². The lowest BCUT2D eigenvalue weighted by atomic mass is 9.90. The van der Waals surface area contributed by atoms with Crippen molar-refractivity contribution in [3.63, 3.8) is 0 Å². The van der Waals surface area contributed by atoms with E-state index in [1.807, 2.05) is 60.7 Å².